The van der Waals surface area contributed by atoms with Gasteiger partial charge in [-0.2, -0.15) is 0 Å². The summed E-state index contributed by atoms with van der Waals surface area (Å²) in [6, 6.07) is 8.12. The third kappa shape index (κ3) is 6.10. The zero-order valence-electron chi connectivity index (χ0n) is 16.6. The third-order valence-corrected chi connectivity index (χ3v) is 4.72. The lowest BCUT2D eigenvalue weighted by Crippen LogP contribution is -2.42. The number of rotatable bonds is 8. The minimum Gasteiger partial charge on any atom is -0.478 e. The molecule has 0 aromatic carbocycles. The molecule has 1 unspecified atom stereocenters. The predicted octanol–water partition coefficient (Wildman–Crippen LogP) is 3.19. The highest BCUT2D eigenvalue weighted by Crippen LogP contribution is 2.24. The summed E-state index contributed by atoms with van der Waals surface area (Å²) < 4.78 is 11.3. The van der Waals surface area contributed by atoms with E-state index in [1.807, 2.05) is 31.2 Å². The average molecular weight is 499 g/mol. The number of hydrogen-bond donors (Lipinski definition) is 2. The first-order chi connectivity index (χ1) is 13.3. The first-order valence-electron chi connectivity index (χ1n) is 9.60. The Morgan fingerprint density at radius 3 is 2.79 bits per heavy atom. The number of ether oxygens (including phenoxy) is 1. The van der Waals surface area contributed by atoms with Gasteiger partial charge in [0.2, 0.25) is 5.88 Å². The number of likely N-dealkylation sites (tertiary alicyclic amines) is 1. The first kappa shape index (κ1) is 22.5. The molecule has 8 heteroatoms. The van der Waals surface area contributed by atoms with Gasteiger partial charge in [0.05, 0.1) is 18.9 Å². The standard InChI is InChI=1S/C20H29N5O2.HI/c1-3-26-19-16(8-6-10-22-19)14-23-20(21-2)24-15-17(18-9-7-13-27-18)25-11-4-5-12-25;/h6-10,13,17H,3-5,11-12,14-15H2,1-2H3,(H2,21,23,24);1H. The zero-order valence-corrected chi connectivity index (χ0v) is 18.9. The Balaban J connectivity index is 0.00000280. The molecule has 154 valence electrons. The number of nitrogens with one attached hydrogen (secondary N) is 2. The third-order valence-electron chi connectivity index (χ3n) is 4.72. The largest absolute Gasteiger partial charge is 0.478 e. The Morgan fingerprint density at radius 2 is 2.11 bits per heavy atom. The minimum absolute atomic E-state index is 0. The number of pyridine rings is 1. The molecular formula is C20H30IN5O2. The summed E-state index contributed by atoms with van der Waals surface area (Å²) in [7, 11) is 1.78. The molecule has 0 spiro atoms. The van der Waals surface area contributed by atoms with Crippen LogP contribution in [0.2, 0.25) is 0 Å². The highest BCUT2D eigenvalue weighted by atomic mass is 127. The van der Waals surface area contributed by atoms with Crippen molar-refractivity contribution in [3.63, 3.8) is 0 Å². The molecule has 0 radical (unpaired) electrons. The molecular weight excluding hydrogens is 469 g/mol. The number of aromatic nitrogens is 1. The quantitative estimate of drug-likeness (QED) is 0.330. The number of halogens is 1. The van der Waals surface area contributed by atoms with Gasteiger partial charge < -0.3 is 19.8 Å². The van der Waals surface area contributed by atoms with E-state index in [-0.39, 0.29) is 30.0 Å². The van der Waals surface area contributed by atoms with Gasteiger partial charge in [-0.1, -0.05) is 6.07 Å². The molecule has 2 aromatic heterocycles. The highest BCUT2D eigenvalue weighted by Gasteiger charge is 2.25. The summed E-state index contributed by atoms with van der Waals surface area (Å²) in [6.45, 7) is 6.09. The van der Waals surface area contributed by atoms with E-state index >= 15 is 0 Å². The van der Waals surface area contributed by atoms with Gasteiger partial charge >= 0.3 is 0 Å². The average Bonchev–Trinajstić information content (AvgIpc) is 3.40. The van der Waals surface area contributed by atoms with Gasteiger partial charge in [-0.15, -0.1) is 24.0 Å². The normalized spacial score (nSPS) is 15.7. The number of furan rings is 1. The minimum atomic E-state index is 0. The van der Waals surface area contributed by atoms with Gasteiger partial charge in [-0.3, -0.25) is 9.89 Å². The van der Waals surface area contributed by atoms with E-state index in [9.17, 15) is 0 Å². The second kappa shape index (κ2) is 11.9. The second-order valence-electron chi connectivity index (χ2n) is 6.48. The maximum absolute atomic E-state index is 5.68. The molecule has 0 aliphatic carbocycles. The molecule has 1 atom stereocenters. The SMILES string of the molecule is CCOc1ncccc1CNC(=NC)NCC(c1ccco1)N1CCCC1.I. The molecule has 2 aromatic rings. The first-order valence-corrected chi connectivity index (χ1v) is 9.60. The summed E-state index contributed by atoms with van der Waals surface area (Å²) in [5.41, 5.74) is 1.00. The molecule has 1 aliphatic rings. The summed E-state index contributed by atoms with van der Waals surface area (Å²) >= 11 is 0. The number of guanidine groups is 1. The van der Waals surface area contributed by atoms with Crippen LogP contribution in [-0.2, 0) is 6.54 Å². The van der Waals surface area contributed by atoms with Crippen LogP contribution in [0.15, 0.2) is 46.1 Å². The molecule has 7 nitrogen and oxygen atoms in total. The predicted molar refractivity (Wildman–Crippen MR) is 121 cm³/mol. The van der Waals surface area contributed by atoms with Gasteiger partial charge in [0, 0.05) is 31.9 Å². The zero-order chi connectivity index (χ0) is 18.9. The van der Waals surface area contributed by atoms with Gasteiger partial charge in [0.25, 0.3) is 0 Å². The van der Waals surface area contributed by atoms with Crippen LogP contribution < -0.4 is 15.4 Å². The Hall–Kier alpha value is -1.81. The number of aliphatic imine (C=N–C) groups is 1. The van der Waals surface area contributed by atoms with Crippen LogP contribution in [0.25, 0.3) is 0 Å². The van der Waals surface area contributed by atoms with Crippen molar-refractivity contribution in [3.8, 4) is 5.88 Å². The van der Waals surface area contributed by atoms with Gasteiger partial charge in [-0.05, 0) is 51.1 Å². The van der Waals surface area contributed by atoms with Crippen molar-refractivity contribution in [3.05, 3.63) is 48.0 Å². The van der Waals surface area contributed by atoms with Crippen molar-refractivity contribution < 1.29 is 9.15 Å². The fourth-order valence-corrected chi connectivity index (χ4v) is 3.36. The van der Waals surface area contributed by atoms with E-state index < -0.39 is 0 Å². The van der Waals surface area contributed by atoms with Gasteiger partial charge in [-0.25, -0.2) is 4.98 Å². The smallest absolute Gasteiger partial charge is 0.218 e. The molecule has 2 N–H and O–H groups in total. The van der Waals surface area contributed by atoms with Crippen LogP contribution >= 0.6 is 24.0 Å². The maximum Gasteiger partial charge on any atom is 0.218 e. The maximum atomic E-state index is 5.68. The van der Waals surface area contributed by atoms with Crippen LogP contribution in [0.5, 0.6) is 5.88 Å². The lowest BCUT2D eigenvalue weighted by atomic mass is 10.2. The van der Waals surface area contributed by atoms with Crippen molar-refractivity contribution in [2.24, 2.45) is 4.99 Å². The van der Waals surface area contributed by atoms with Crippen molar-refractivity contribution in [2.75, 3.05) is 33.3 Å². The summed E-state index contributed by atoms with van der Waals surface area (Å²) in [4.78, 5) is 11.1. The van der Waals surface area contributed by atoms with Crippen LogP contribution in [0, 0.1) is 0 Å². The summed E-state index contributed by atoms with van der Waals surface area (Å²) in [5, 5.41) is 6.78. The van der Waals surface area contributed by atoms with Crippen molar-refractivity contribution >= 4 is 29.9 Å². The van der Waals surface area contributed by atoms with Crippen LogP contribution in [0.1, 0.15) is 37.1 Å². The summed E-state index contributed by atoms with van der Waals surface area (Å²) in [6.07, 6.45) is 5.96. The van der Waals surface area contributed by atoms with Crippen molar-refractivity contribution in [1.29, 1.82) is 0 Å². The lowest BCUT2D eigenvalue weighted by Gasteiger charge is -2.26. The number of hydrogen-bond acceptors (Lipinski definition) is 5. The van der Waals surface area contributed by atoms with E-state index in [0.29, 0.717) is 19.0 Å². The van der Waals surface area contributed by atoms with E-state index in [2.05, 4.69) is 25.5 Å². The highest BCUT2D eigenvalue weighted by molar-refractivity contribution is 14.0. The lowest BCUT2D eigenvalue weighted by molar-refractivity contribution is 0.215. The Kier molecular flexibility index (Phi) is 9.56. The van der Waals surface area contributed by atoms with Crippen LogP contribution in [0.3, 0.4) is 0 Å². The number of nitrogens with zero attached hydrogens (tertiary/aromatic N) is 3. The van der Waals surface area contributed by atoms with E-state index in [0.717, 1.165) is 36.9 Å². The van der Waals surface area contributed by atoms with Crippen LogP contribution in [-0.4, -0.2) is 49.1 Å². The molecule has 0 amide bonds. The van der Waals surface area contributed by atoms with Crippen molar-refractivity contribution in [2.45, 2.75) is 32.4 Å². The molecule has 0 saturated carbocycles. The Labute approximate surface area is 184 Å². The van der Waals surface area contributed by atoms with Gasteiger partial charge in [0.15, 0.2) is 5.96 Å². The fourth-order valence-electron chi connectivity index (χ4n) is 3.36. The van der Waals surface area contributed by atoms with E-state index in [1.54, 1.807) is 19.5 Å². The summed E-state index contributed by atoms with van der Waals surface area (Å²) in [5.74, 6) is 2.40. The monoisotopic (exact) mass is 499 g/mol. The van der Waals surface area contributed by atoms with Crippen LogP contribution in [0.4, 0.5) is 0 Å². The molecule has 1 fully saturated rings. The molecule has 3 rings (SSSR count). The Morgan fingerprint density at radius 1 is 1.29 bits per heavy atom. The van der Waals surface area contributed by atoms with Crippen molar-refractivity contribution in [1.82, 2.24) is 20.5 Å². The molecule has 1 aliphatic heterocycles. The second-order valence-corrected chi connectivity index (χ2v) is 6.48. The van der Waals surface area contributed by atoms with Gasteiger partial charge in [0.1, 0.15) is 5.76 Å². The molecule has 0 bridgehead atoms. The molecule has 3 heterocycles. The fraction of sp³-hybridized carbons (Fsp3) is 0.500. The van der Waals surface area contributed by atoms with E-state index in [4.69, 9.17) is 9.15 Å². The topological polar surface area (TPSA) is 74.9 Å². The Bertz CT molecular complexity index is 717. The molecule has 28 heavy (non-hydrogen) atoms. The van der Waals surface area contributed by atoms with E-state index in [1.165, 1.54) is 12.8 Å². The molecule has 1 saturated heterocycles.